The molecular formula is C20H20N2O4S. The van der Waals surface area contributed by atoms with Crippen molar-refractivity contribution in [2.24, 2.45) is 0 Å². The molecule has 0 unspecified atom stereocenters. The minimum Gasteiger partial charge on any atom is -0.489 e. The number of benzene rings is 2. The second kappa shape index (κ2) is 6.42. The molecule has 1 aromatic heterocycles. The molecule has 7 heteroatoms. The van der Waals surface area contributed by atoms with E-state index in [9.17, 15) is 8.42 Å². The number of anilines is 1. The third-order valence-corrected chi connectivity index (χ3v) is 6.61. The lowest BCUT2D eigenvalue weighted by atomic mass is 10.1. The molecule has 0 amide bonds. The zero-order valence-corrected chi connectivity index (χ0v) is 16.2. The highest BCUT2D eigenvalue weighted by Crippen LogP contribution is 2.39. The first-order valence-electron chi connectivity index (χ1n) is 8.67. The molecule has 0 radical (unpaired) electrons. The molecule has 140 valence electrons. The summed E-state index contributed by atoms with van der Waals surface area (Å²) in [6.45, 7) is 6.09. The molecule has 0 saturated heterocycles. The zero-order chi connectivity index (χ0) is 19.2. The van der Waals surface area contributed by atoms with Crippen LogP contribution < -0.4 is 9.04 Å². The Labute approximate surface area is 158 Å². The Kier molecular flexibility index (Phi) is 4.19. The summed E-state index contributed by atoms with van der Waals surface area (Å²) >= 11 is 0. The van der Waals surface area contributed by atoms with Crippen LogP contribution in [0, 0.1) is 20.8 Å². The molecule has 0 aliphatic carbocycles. The van der Waals surface area contributed by atoms with Crippen LogP contribution in [0.15, 0.2) is 51.9 Å². The van der Waals surface area contributed by atoms with Crippen molar-refractivity contribution in [3.05, 3.63) is 59.3 Å². The van der Waals surface area contributed by atoms with Gasteiger partial charge in [0.05, 0.1) is 22.8 Å². The van der Waals surface area contributed by atoms with Gasteiger partial charge in [-0.3, -0.25) is 4.31 Å². The zero-order valence-electron chi connectivity index (χ0n) is 15.4. The third-order valence-electron chi connectivity index (χ3n) is 4.67. The number of aryl methyl sites for hydroxylation is 3. The average molecular weight is 384 g/mol. The third kappa shape index (κ3) is 2.98. The lowest BCUT2D eigenvalue weighted by Crippen LogP contribution is -2.38. The average Bonchev–Trinajstić information content (AvgIpc) is 3.08. The van der Waals surface area contributed by atoms with Crippen molar-refractivity contribution in [2.75, 3.05) is 17.5 Å². The SMILES string of the molecule is Cc1cc(-c2ccc(C)c(S(=O)(=O)N3CCOc4cccc(C)c43)c2)on1. The number of fused-ring (bicyclic) bond motifs is 1. The number of sulfonamides is 1. The monoisotopic (exact) mass is 384 g/mol. The minimum absolute atomic E-state index is 0.255. The maximum Gasteiger partial charge on any atom is 0.264 e. The molecule has 27 heavy (non-hydrogen) atoms. The highest BCUT2D eigenvalue weighted by molar-refractivity contribution is 7.93. The van der Waals surface area contributed by atoms with E-state index in [1.165, 1.54) is 4.31 Å². The number of rotatable bonds is 3. The minimum atomic E-state index is -3.76. The Morgan fingerprint density at radius 2 is 1.85 bits per heavy atom. The molecule has 4 rings (SSSR count). The fourth-order valence-electron chi connectivity index (χ4n) is 3.31. The number of hydrogen-bond donors (Lipinski definition) is 0. The summed E-state index contributed by atoms with van der Waals surface area (Å²) < 4.78 is 39.5. The van der Waals surface area contributed by atoms with Crippen LogP contribution in [-0.2, 0) is 10.0 Å². The summed E-state index contributed by atoms with van der Waals surface area (Å²) in [4.78, 5) is 0.255. The first kappa shape index (κ1) is 17.6. The van der Waals surface area contributed by atoms with Crippen LogP contribution in [0.2, 0.25) is 0 Å². The summed E-state index contributed by atoms with van der Waals surface area (Å²) in [6, 6.07) is 12.6. The number of ether oxygens (including phenoxy) is 1. The van der Waals surface area contributed by atoms with Crippen molar-refractivity contribution < 1.29 is 17.7 Å². The van der Waals surface area contributed by atoms with E-state index in [4.69, 9.17) is 9.26 Å². The standard InChI is InChI=1S/C20H20N2O4S/c1-13-7-8-16(18-11-15(3)21-26-18)12-19(13)27(23,24)22-9-10-25-17-6-4-5-14(2)20(17)22/h4-8,11-12H,9-10H2,1-3H3. The largest absolute Gasteiger partial charge is 0.489 e. The molecule has 1 aliphatic rings. The quantitative estimate of drug-likeness (QED) is 0.686. The molecule has 3 aromatic rings. The van der Waals surface area contributed by atoms with Gasteiger partial charge < -0.3 is 9.26 Å². The highest BCUT2D eigenvalue weighted by atomic mass is 32.2. The molecule has 6 nitrogen and oxygen atoms in total. The van der Waals surface area contributed by atoms with Crippen molar-refractivity contribution in [3.63, 3.8) is 0 Å². The molecular weight excluding hydrogens is 364 g/mol. The summed E-state index contributed by atoms with van der Waals surface area (Å²) in [5, 5.41) is 3.89. The van der Waals surface area contributed by atoms with Crippen molar-refractivity contribution in [2.45, 2.75) is 25.7 Å². The lowest BCUT2D eigenvalue weighted by molar-refractivity contribution is 0.315. The molecule has 0 bridgehead atoms. The lowest BCUT2D eigenvalue weighted by Gasteiger charge is -2.32. The summed E-state index contributed by atoms with van der Waals surface area (Å²) in [6.07, 6.45) is 0. The van der Waals surface area contributed by atoms with E-state index in [0.29, 0.717) is 34.9 Å². The highest BCUT2D eigenvalue weighted by Gasteiger charge is 2.32. The first-order chi connectivity index (χ1) is 12.9. The Hall–Kier alpha value is -2.80. The van der Waals surface area contributed by atoms with Crippen LogP contribution >= 0.6 is 0 Å². The molecule has 0 fully saturated rings. The van der Waals surface area contributed by atoms with Crippen LogP contribution in [0.25, 0.3) is 11.3 Å². The fraction of sp³-hybridized carbons (Fsp3) is 0.250. The van der Waals surface area contributed by atoms with E-state index in [1.54, 1.807) is 31.2 Å². The maximum atomic E-state index is 13.5. The van der Waals surface area contributed by atoms with Gasteiger partial charge in [-0.05, 0) is 44.0 Å². The van der Waals surface area contributed by atoms with Gasteiger partial charge in [0.1, 0.15) is 12.4 Å². The van der Waals surface area contributed by atoms with Gasteiger partial charge in [0, 0.05) is 11.6 Å². The summed E-state index contributed by atoms with van der Waals surface area (Å²) in [7, 11) is -3.76. The van der Waals surface area contributed by atoms with Crippen molar-refractivity contribution >= 4 is 15.7 Å². The van der Waals surface area contributed by atoms with Crippen LogP contribution in [0.5, 0.6) is 5.75 Å². The Balaban J connectivity index is 1.84. The van der Waals surface area contributed by atoms with Crippen LogP contribution in [0.4, 0.5) is 5.69 Å². The second-order valence-electron chi connectivity index (χ2n) is 6.66. The molecule has 0 spiro atoms. The van der Waals surface area contributed by atoms with E-state index in [0.717, 1.165) is 11.3 Å². The van der Waals surface area contributed by atoms with E-state index in [2.05, 4.69) is 5.16 Å². The van der Waals surface area contributed by atoms with Crippen molar-refractivity contribution in [1.82, 2.24) is 5.16 Å². The topological polar surface area (TPSA) is 72.6 Å². The number of para-hydroxylation sites is 1. The molecule has 1 aliphatic heterocycles. The van der Waals surface area contributed by atoms with Gasteiger partial charge in [0.25, 0.3) is 10.0 Å². The molecule has 2 heterocycles. The molecule has 0 N–H and O–H groups in total. The van der Waals surface area contributed by atoms with Crippen LogP contribution in [0.1, 0.15) is 16.8 Å². The normalized spacial score (nSPS) is 14.0. The first-order valence-corrected chi connectivity index (χ1v) is 10.1. The van der Waals surface area contributed by atoms with Gasteiger partial charge in [-0.1, -0.05) is 29.4 Å². The van der Waals surface area contributed by atoms with E-state index >= 15 is 0 Å². The second-order valence-corrected chi connectivity index (χ2v) is 8.49. The molecule has 0 atom stereocenters. The molecule has 2 aromatic carbocycles. The maximum absolute atomic E-state index is 13.5. The Bertz CT molecular complexity index is 1120. The van der Waals surface area contributed by atoms with E-state index in [1.807, 2.05) is 32.0 Å². The summed E-state index contributed by atoms with van der Waals surface area (Å²) in [5.74, 6) is 1.13. The fourth-order valence-corrected chi connectivity index (χ4v) is 5.09. The van der Waals surface area contributed by atoms with Gasteiger partial charge in [-0.2, -0.15) is 0 Å². The van der Waals surface area contributed by atoms with Crippen molar-refractivity contribution in [3.8, 4) is 17.1 Å². The predicted molar refractivity (Wildman–Crippen MR) is 103 cm³/mol. The Morgan fingerprint density at radius 3 is 2.59 bits per heavy atom. The number of nitrogens with zero attached hydrogens (tertiary/aromatic N) is 2. The Morgan fingerprint density at radius 1 is 1.04 bits per heavy atom. The predicted octanol–water partition coefficient (Wildman–Crippen LogP) is 3.85. The number of hydrogen-bond acceptors (Lipinski definition) is 5. The molecule has 0 saturated carbocycles. The van der Waals surface area contributed by atoms with Gasteiger partial charge in [-0.15, -0.1) is 0 Å². The smallest absolute Gasteiger partial charge is 0.264 e. The van der Waals surface area contributed by atoms with Crippen LogP contribution in [0.3, 0.4) is 0 Å². The van der Waals surface area contributed by atoms with Gasteiger partial charge in [0.15, 0.2) is 5.76 Å². The van der Waals surface area contributed by atoms with Gasteiger partial charge in [-0.25, -0.2) is 8.42 Å². The van der Waals surface area contributed by atoms with Gasteiger partial charge >= 0.3 is 0 Å². The van der Waals surface area contributed by atoms with Crippen LogP contribution in [-0.4, -0.2) is 26.7 Å². The van der Waals surface area contributed by atoms with Gasteiger partial charge in [0.2, 0.25) is 0 Å². The van der Waals surface area contributed by atoms with E-state index in [-0.39, 0.29) is 11.4 Å². The number of aromatic nitrogens is 1. The van der Waals surface area contributed by atoms with E-state index < -0.39 is 10.0 Å². The van der Waals surface area contributed by atoms with Crippen molar-refractivity contribution in [1.29, 1.82) is 0 Å². The summed E-state index contributed by atoms with van der Waals surface area (Å²) in [5.41, 5.74) is 3.56.